The van der Waals surface area contributed by atoms with E-state index >= 15 is 0 Å². The monoisotopic (exact) mass is 249 g/mol. The van der Waals surface area contributed by atoms with Gasteiger partial charge in [-0.15, -0.1) is 6.42 Å². The van der Waals surface area contributed by atoms with E-state index in [4.69, 9.17) is 15.9 Å². The second kappa shape index (κ2) is 6.10. The van der Waals surface area contributed by atoms with Crippen LogP contribution in [-0.4, -0.2) is 29.2 Å². The Hall–Kier alpha value is -1.96. The van der Waals surface area contributed by atoms with Crippen LogP contribution in [0, 0.1) is 12.3 Å². The van der Waals surface area contributed by atoms with E-state index in [1.54, 1.807) is 21.0 Å². The van der Waals surface area contributed by atoms with Crippen LogP contribution in [0.25, 0.3) is 0 Å². The zero-order valence-electron chi connectivity index (χ0n) is 11.3. The normalized spacial score (nSPS) is 10.6. The van der Waals surface area contributed by atoms with Crippen LogP contribution in [0.2, 0.25) is 0 Å². The molecule has 1 N–H and O–H groups in total. The molecule has 0 saturated carbocycles. The number of methoxy groups -OCH3 is 1. The maximum atomic E-state index is 5.64. The first-order chi connectivity index (χ1) is 8.54. The number of rotatable bonds is 6. The number of anilines is 1. The lowest BCUT2D eigenvalue weighted by molar-refractivity contribution is 0.157. The van der Waals surface area contributed by atoms with E-state index in [1.165, 1.54) is 6.33 Å². The van der Waals surface area contributed by atoms with Crippen molar-refractivity contribution in [1.82, 2.24) is 9.97 Å². The Morgan fingerprint density at radius 2 is 2.17 bits per heavy atom. The minimum atomic E-state index is -0.746. The summed E-state index contributed by atoms with van der Waals surface area (Å²) in [5.74, 6) is 3.96. The minimum absolute atomic E-state index is 0.342. The summed E-state index contributed by atoms with van der Waals surface area (Å²) in [7, 11) is 1.55. The van der Waals surface area contributed by atoms with E-state index in [2.05, 4.69) is 28.1 Å². The third-order valence-electron chi connectivity index (χ3n) is 2.22. The van der Waals surface area contributed by atoms with Gasteiger partial charge in [0.2, 0.25) is 5.75 Å². The van der Waals surface area contributed by atoms with Crippen molar-refractivity contribution in [3.63, 3.8) is 0 Å². The maximum absolute atomic E-state index is 5.64. The Labute approximate surface area is 108 Å². The number of hydrogen-bond acceptors (Lipinski definition) is 5. The average molecular weight is 249 g/mol. The summed E-state index contributed by atoms with van der Waals surface area (Å²) in [6.45, 7) is 6.44. The first-order valence-corrected chi connectivity index (χ1v) is 5.83. The Kier molecular flexibility index (Phi) is 4.78. The summed E-state index contributed by atoms with van der Waals surface area (Å²) in [6.07, 6.45) is 7.79. The van der Waals surface area contributed by atoms with Crippen molar-refractivity contribution in [3.8, 4) is 24.0 Å². The van der Waals surface area contributed by atoms with Crippen LogP contribution in [0.1, 0.15) is 27.2 Å². The molecule has 5 nitrogen and oxygen atoms in total. The van der Waals surface area contributed by atoms with Gasteiger partial charge in [0.15, 0.2) is 11.4 Å². The van der Waals surface area contributed by atoms with Crippen LogP contribution in [0.4, 0.5) is 5.82 Å². The predicted molar refractivity (Wildman–Crippen MR) is 70.9 cm³/mol. The Balaban J connectivity index is 3.02. The van der Waals surface area contributed by atoms with Crippen LogP contribution in [-0.2, 0) is 0 Å². The molecule has 0 amide bonds. The molecule has 1 rings (SSSR count). The largest absolute Gasteiger partial charge is 0.489 e. The molecule has 0 fully saturated rings. The van der Waals surface area contributed by atoms with Crippen LogP contribution >= 0.6 is 0 Å². The van der Waals surface area contributed by atoms with E-state index in [1.807, 2.05) is 0 Å². The molecule has 18 heavy (non-hydrogen) atoms. The summed E-state index contributed by atoms with van der Waals surface area (Å²) in [5.41, 5.74) is -0.746. The molecule has 0 spiro atoms. The highest BCUT2D eigenvalue weighted by Gasteiger charge is 2.21. The summed E-state index contributed by atoms with van der Waals surface area (Å²) in [6, 6.07) is 0. The number of aromatic nitrogens is 2. The summed E-state index contributed by atoms with van der Waals surface area (Å²) in [5, 5.41) is 3.15. The maximum Gasteiger partial charge on any atom is 0.264 e. The Morgan fingerprint density at radius 3 is 2.72 bits per heavy atom. The fraction of sp³-hybridized carbons (Fsp3) is 0.538. The van der Waals surface area contributed by atoms with Crippen molar-refractivity contribution in [2.75, 3.05) is 19.0 Å². The van der Waals surface area contributed by atoms with Gasteiger partial charge in [0.05, 0.1) is 7.11 Å². The van der Waals surface area contributed by atoms with E-state index < -0.39 is 5.60 Å². The average Bonchev–Trinajstić information content (AvgIpc) is 2.36. The van der Waals surface area contributed by atoms with Gasteiger partial charge in [0.25, 0.3) is 5.88 Å². The predicted octanol–water partition coefficient (Wildman–Crippen LogP) is 2.10. The molecule has 5 heteroatoms. The first-order valence-electron chi connectivity index (χ1n) is 5.83. The molecular weight excluding hydrogens is 230 g/mol. The quantitative estimate of drug-likeness (QED) is 0.782. The van der Waals surface area contributed by atoms with Gasteiger partial charge in [0, 0.05) is 6.54 Å². The van der Waals surface area contributed by atoms with Gasteiger partial charge in [0.1, 0.15) is 6.33 Å². The molecular formula is C13H19N3O2. The fourth-order valence-electron chi connectivity index (χ4n) is 1.25. The second-order valence-electron chi connectivity index (χ2n) is 4.24. The van der Waals surface area contributed by atoms with Crippen LogP contribution in [0.15, 0.2) is 6.33 Å². The molecule has 1 aromatic rings. The molecule has 0 bridgehead atoms. The van der Waals surface area contributed by atoms with Crippen molar-refractivity contribution >= 4 is 5.82 Å². The number of nitrogens with zero attached hydrogens (tertiary/aromatic N) is 2. The van der Waals surface area contributed by atoms with Gasteiger partial charge in [-0.25, -0.2) is 4.98 Å². The lowest BCUT2D eigenvalue weighted by atomic mass is 10.1. The van der Waals surface area contributed by atoms with E-state index in [9.17, 15) is 0 Å². The molecule has 0 saturated heterocycles. The SMILES string of the molecule is C#CC(C)(C)Oc1ncnc(NCCC)c1OC. The fourth-order valence-corrected chi connectivity index (χ4v) is 1.25. The standard InChI is InChI=1S/C13H19N3O2/c1-6-8-14-11-10(17-5)12(16-9-15-11)18-13(3,4)7-2/h2,9H,6,8H2,1,3-5H3,(H,14,15,16). The molecule has 0 aliphatic heterocycles. The zero-order chi connectivity index (χ0) is 13.6. The van der Waals surface area contributed by atoms with Crippen molar-refractivity contribution in [1.29, 1.82) is 0 Å². The van der Waals surface area contributed by atoms with Gasteiger partial charge in [-0.05, 0) is 20.3 Å². The molecule has 1 heterocycles. The van der Waals surface area contributed by atoms with Crippen molar-refractivity contribution in [2.24, 2.45) is 0 Å². The lowest BCUT2D eigenvalue weighted by Crippen LogP contribution is -2.26. The second-order valence-corrected chi connectivity index (χ2v) is 4.24. The van der Waals surface area contributed by atoms with Crippen LogP contribution in [0.3, 0.4) is 0 Å². The van der Waals surface area contributed by atoms with Crippen molar-refractivity contribution in [2.45, 2.75) is 32.8 Å². The van der Waals surface area contributed by atoms with E-state index in [-0.39, 0.29) is 0 Å². The van der Waals surface area contributed by atoms with Gasteiger partial charge in [-0.2, -0.15) is 4.98 Å². The molecule has 0 aromatic carbocycles. The van der Waals surface area contributed by atoms with Crippen molar-refractivity contribution in [3.05, 3.63) is 6.33 Å². The molecule has 98 valence electrons. The molecule has 0 aliphatic carbocycles. The molecule has 1 aromatic heterocycles. The van der Waals surface area contributed by atoms with Crippen molar-refractivity contribution < 1.29 is 9.47 Å². The highest BCUT2D eigenvalue weighted by atomic mass is 16.5. The Morgan fingerprint density at radius 1 is 1.44 bits per heavy atom. The number of hydrogen-bond donors (Lipinski definition) is 1. The summed E-state index contributed by atoms with van der Waals surface area (Å²) in [4.78, 5) is 8.18. The highest BCUT2D eigenvalue weighted by molar-refractivity contribution is 5.55. The molecule has 0 unspecified atom stereocenters. The van der Waals surface area contributed by atoms with Gasteiger partial charge in [-0.1, -0.05) is 12.8 Å². The van der Waals surface area contributed by atoms with Gasteiger partial charge in [-0.3, -0.25) is 0 Å². The van der Waals surface area contributed by atoms with Gasteiger partial charge < -0.3 is 14.8 Å². The minimum Gasteiger partial charge on any atom is -0.489 e. The van der Waals surface area contributed by atoms with E-state index in [0.29, 0.717) is 17.4 Å². The van der Waals surface area contributed by atoms with Crippen LogP contribution < -0.4 is 14.8 Å². The Bertz CT molecular complexity index is 438. The van der Waals surface area contributed by atoms with E-state index in [0.717, 1.165) is 13.0 Å². The zero-order valence-corrected chi connectivity index (χ0v) is 11.3. The number of nitrogens with one attached hydrogen (secondary N) is 1. The smallest absolute Gasteiger partial charge is 0.264 e. The lowest BCUT2D eigenvalue weighted by Gasteiger charge is -2.21. The van der Waals surface area contributed by atoms with Gasteiger partial charge >= 0.3 is 0 Å². The molecule has 0 atom stereocenters. The third-order valence-corrected chi connectivity index (χ3v) is 2.22. The number of terminal acetylenes is 1. The topological polar surface area (TPSA) is 56.3 Å². The number of ether oxygens (including phenoxy) is 2. The third kappa shape index (κ3) is 3.52. The highest BCUT2D eigenvalue weighted by Crippen LogP contribution is 2.32. The summed E-state index contributed by atoms with van der Waals surface area (Å²) < 4.78 is 10.9. The summed E-state index contributed by atoms with van der Waals surface area (Å²) >= 11 is 0. The first kappa shape index (κ1) is 14.1. The molecule has 0 radical (unpaired) electrons. The van der Waals surface area contributed by atoms with Crippen LogP contribution in [0.5, 0.6) is 11.6 Å². The molecule has 0 aliphatic rings.